The molecule has 1 amide bonds. The molecule has 0 aromatic heterocycles. The van der Waals surface area contributed by atoms with E-state index in [0.717, 1.165) is 50.7 Å². The minimum Gasteiger partial charge on any atom is -0.494 e. The third-order valence-corrected chi connectivity index (χ3v) is 6.41. The molecule has 1 aliphatic heterocycles. The second kappa shape index (κ2) is 8.53. The van der Waals surface area contributed by atoms with E-state index in [1.54, 1.807) is 0 Å². The quantitative estimate of drug-likeness (QED) is 0.775. The van der Waals surface area contributed by atoms with Crippen LogP contribution >= 0.6 is 0 Å². The number of anilines is 1. The normalized spacial score (nSPS) is 24.0. The van der Waals surface area contributed by atoms with Crippen LogP contribution in [0.2, 0.25) is 0 Å². The minimum absolute atomic E-state index is 0.251. The number of benzene rings is 1. The Bertz CT molecular complexity index is 604. The van der Waals surface area contributed by atoms with Crippen molar-refractivity contribution >= 4 is 11.6 Å². The first-order valence-electron chi connectivity index (χ1n) is 10.6. The van der Waals surface area contributed by atoms with Gasteiger partial charge < -0.3 is 14.5 Å². The van der Waals surface area contributed by atoms with E-state index in [1.807, 2.05) is 19.1 Å². The molecule has 1 aromatic rings. The fourth-order valence-electron chi connectivity index (χ4n) is 4.57. The van der Waals surface area contributed by atoms with Gasteiger partial charge in [-0.3, -0.25) is 4.79 Å². The molecular formula is C23H36N2O2. The van der Waals surface area contributed by atoms with Gasteiger partial charge in [0, 0.05) is 37.8 Å². The third kappa shape index (κ3) is 4.97. The first-order chi connectivity index (χ1) is 12.9. The molecule has 0 radical (unpaired) electrons. The Labute approximate surface area is 164 Å². The minimum atomic E-state index is 0.251. The maximum absolute atomic E-state index is 13.0. The molecule has 4 heteroatoms. The van der Waals surface area contributed by atoms with Gasteiger partial charge in [-0.25, -0.2) is 0 Å². The molecule has 2 fully saturated rings. The molecular weight excluding hydrogens is 336 g/mol. The average Bonchev–Trinajstić information content (AvgIpc) is 2.68. The lowest BCUT2D eigenvalue weighted by atomic mass is 9.69. The molecule has 0 spiro atoms. The summed E-state index contributed by atoms with van der Waals surface area (Å²) in [5, 5.41) is 0. The second-order valence-electron chi connectivity index (χ2n) is 9.15. The topological polar surface area (TPSA) is 32.8 Å². The van der Waals surface area contributed by atoms with E-state index >= 15 is 0 Å². The van der Waals surface area contributed by atoms with Crippen molar-refractivity contribution in [2.24, 2.45) is 17.3 Å². The van der Waals surface area contributed by atoms with Crippen molar-refractivity contribution in [3.63, 3.8) is 0 Å². The van der Waals surface area contributed by atoms with E-state index < -0.39 is 0 Å². The van der Waals surface area contributed by atoms with Crippen molar-refractivity contribution in [2.45, 2.75) is 53.4 Å². The molecule has 3 rings (SSSR count). The van der Waals surface area contributed by atoms with Gasteiger partial charge in [-0.1, -0.05) is 20.8 Å². The monoisotopic (exact) mass is 372 g/mol. The van der Waals surface area contributed by atoms with Crippen LogP contribution in [0.3, 0.4) is 0 Å². The predicted molar refractivity (Wildman–Crippen MR) is 111 cm³/mol. The van der Waals surface area contributed by atoms with Crippen LogP contribution in [0.25, 0.3) is 0 Å². The Kier molecular flexibility index (Phi) is 6.33. The zero-order chi connectivity index (χ0) is 19.4. The van der Waals surface area contributed by atoms with Gasteiger partial charge in [0.05, 0.1) is 6.61 Å². The number of nitrogens with zero attached hydrogens (tertiary/aromatic N) is 2. The summed E-state index contributed by atoms with van der Waals surface area (Å²) in [6, 6.07) is 8.31. The summed E-state index contributed by atoms with van der Waals surface area (Å²) in [6.07, 6.45) is 4.54. The Morgan fingerprint density at radius 3 is 2.11 bits per heavy atom. The van der Waals surface area contributed by atoms with Crippen molar-refractivity contribution in [1.82, 2.24) is 4.90 Å². The number of amides is 1. The molecule has 4 nitrogen and oxygen atoms in total. The van der Waals surface area contributed by atoms with Crippen molar-refractivity contribution < 1.29 is 9.53 Å². The lowest BCUT2D eigenvalue weighted by Gasteiger charge is -2.40. The fraction of sp³-hybridized carbons (Fsp3) is 0.696. The van der Waals surface area contributed by atoms with E-state index in [2.05, 4.69) is 42.7 Å². The molecule has 1 saturated carbocycles. The Balaban J connectivity index is 1.48. The zero-order valence-corrected chi connectivity index (χ0v) is 17.5. The van der Waals surface area contributed by atoms with Gasteiger partial charge in [0.2, 0.25) is 5.91 Å². The van der Waals surface area contributed by atoms with Gasteiger partial charge >= 0.3 is 0 Å². The summed E-state index contributed by atoms with van der Waals surface area (Å²) < 4.78 is 5.52. The summed E-state index contributed by atoms with van der Waals surface area (Å²) in [5.41, 5.74) is 1.59. The highest BCUT2D eigenvalue weighted by molar-refractivity contribution is 5.79. The number of piperazine rings is 1. The van der Waals surface area contributed by atoms with E-state index in [-0.39, 0.29) is 5.92 Å². The van der Waals surface area contributed by atoms with Gasteiger partial charge in [0.1, 0.15) is 5.75 Å². The van der Waals surface area contributed by atoms with Gasteiger partial charge in [0.15, 0.2) is 0 Å². The van der Waals surface area contributed by atoms with Crippen LogP contribution in [-0.4, -0.2) is 43.6 Å². The molecule has 1 saturated heterocycles. The van der Waals surface area contributed by atoms with Crippen LogP contribution in [0.4, 0.5) is 5.69 Å². The van der Waals surface area contributed by atoms with Crippen molar-refractivity contribution in [3.05, 3.63) is 24.3 Å². The number of hydrogen-bond acceptors (Lipinski definition) is 3. The summed E-state index contributed by atoms with van der Waals surface area (Å²) in [6.45, 7) is 13.2. The first kappa shape index (κ1) is 20.0. The number of carbonyl (C=O) groups is 1. The van der Waals surface area contributed by atoms with E-state index in [0.29, 0.717) is 17.9 Å². The predicted octanol–water partition coefficient (Wildman–Crippen LogP) is 4.59. The molecule has 1 aliphatic carbocycles. The van der Waals surface area contributed by atoms with Gasteiger partial charge in [-0.05, 0) is 68.2 Å². The molecule has 0 atom stereocenters. The van der Waals surface area contributed by atoms with Crippen molar-refractivity contribution in [3.8, 4) is 5.75 Å². The smallest absolute Gasteiger partial charge is 0.225 e. The maximum atomic E-state index is 13.0. The summed E-state index contributed by atoms with van der Waals surface area (Å²) >= 11 is 0. The summed E-state index contributed by atoms with van der Waals surface area (Å²) in [7, 11) is 0. The van der Waals surface area contributed by atoms with Gasteiger partial charge in [-0.15, -0.1) is 0 Å². The zero-order valence-electron chi connectivity index (χ0n) is 17.5. The molecule has 2 aliphatic rings. The lowest BCUT2D eigenvalue weighted by Crippen LogP contribution is -2.50. The highest BCUT2D eigenvalue weighted by Crippen LogP contribution is 2.40. The largest absolute Gasteiger partial charge is 0.494 e. The van der Waals surface area contributed by atoms with Crippen LogP contribution in [0.5, 0.6) is 5.75 Å². The van der Waals surface area contributed by atoms with Crippen LogP contribution in [-0.2, 0) is 4.79 Å². The fourth-order valence-corrected chi connectivity index (χ4v) is 4.57. The summed E-state index contributed by atoms with van der Waals surface area (Å²) in [5.74, 6) is 2.33. The molecule has 0 N–H and O–H groups in total. The van der Waals surface area contributed by atoms with Gasteiger partial charge in [-0.2, -0.15) is 0 Å². The maximum Gasteiger partial charge on any atom is 0.225 e. The Morgan fingerprint density at radius 1 is 1.00 bits per heavy atom. The average molecular weight is 373 g/mol. The number of ether oxygens (including phenoxy) is 1. The Hall–Kier alpha value is -1.71. The molecule has 1 aromatic carbocycles. The van der Waals surface area contributed by atoms with E-state index in [4.69, 9.17) is 4.74 Å². The highest BCUT2D eigenvalue weighted by Gasteiger charge is 2.34. The molecule has 0 bridgehead atoms. The SMILES string of the molecule is CCOc1ccc(N2CCN(C(=O)C3CCC(C(C)(C)C)CC3)CC2)cc1. The number of carbonyl (C=O) groups excluding carboxylic acids is 1. The van der Waals surface area contributed by atoms with E-state index in [1.165, 1.54) is 18.5 Å². The number of hydrogen-bond donors (Lipinski definition) is 0. The number of rotatable bonds is 4. The molecule has 0 unspecified atom stereocenters. The van der Waals surface area contributed by atoms with Crippen LogP contribution in [0, 0.1) is 17.3 Å². The van der Waals surface area contributed by atoms with Crippen LogP contribution in [0.15, 0.2) is 24.3 Å². The molecule has 27 heavy (non-hydrogen) atoms. The third-order valence-electron chi connectivity index (χ3n) is 6.41. The van der Waals surface area contributed by atoms with Gasteiger partial charge in [0.25, 0.3) is 0 Å². The Morgan fingerprint density at radius 2 is 1.59 bits per heavy atom. The highest BCUT2D eigenvalue weighted by atomic mass is 16.5. The second-order valence-corrected chi connectivity index (χ2v) is 9.15. The first-order valence-corrected chi connectivity index (χ1v) is 10.6. The summed E-state index contributed by atoms with van der Waals surface area (Å²) in [4.78, 5) is 17.4. The molecule has 1 heterocycles. The van der Waals surface area contributed by atoms with Crippen molar-refractivity contribution in [2.75, 3.05) is 37.7 Å². The lowest BCUT2D eigenvalue weighted by molar-refractivity contribution is -0.137. The van der Waals surface area contributed by atoms with Crippen LogP contribution < -0.4 is 9.64 Å². The van der Waals surface area contributed by atoms with E-state index in [9.17, 15) is 4.79 Å². The van der Waals surface area contributed by atoms with Crippen LogP contribution in [0.1, 0.15) is 53.4 Å². The standard InChI is InChI=1S/C23H36N2O2/c1-5-27-21-12-10-20(11-13-21)24-14-16-25(17-15-24)22(26)18-6-8-19(9-7-18)23(2,3)4/h10-13,18-19H,5-9,14-17H2,1-4H3. The van der Waals surface area contributed by atoms with Crippen molar-refractivity contribution in [1.29, 1.82) is 0 Å². The molecule has 150 valence electrons.